The zero-order chi connectivity index (χ0) is 24.4. The second-order valence-corrected chi connectivity index (χ2v) is 8.62. The van der Waals surface area contributed by atoms with Gasteiger partial charge in [-0.05, 0) is 25.5 Å². The minimum absolute atomic E-state index is 0.171. The van der Waals surface area contributed by atoms with Gasteiger partial charge in [-0.2, -0.15) is 4.98 Å². The molecule has 0 fully saturated rings. The van der Waals surface area contributed by atoms with Crippen molar-refractivity contribution in [1.82, 2.24) is 34.3 Å². The number of nitrogens with zero attached hydrogens (tertiary/aromatic N) is 7. The van der Waals surface area contributed by atoms with E-state index in [1.165, 1.54) is 7.11 Å². The smallest absolute Gasteiger partial charge is 0.263 e. The lowest BCUT2D eigenvalue weighted by Crippen LogP contribution is -2.15. The summed E-state index contributed by atoms with van der Waals surface area (Å²) in [5, 5.41) is 9.85. The largest absolute Gasteiger partial charge is 0.480 e. The average molecular weight is 489 g/mol. The monoisotopic (exact) mass is 488 g/mol. The Hall–Kier alpha value is -4.12. The van der Waals surface area contributed by atoms with Crippen LogP contribution in [0, 0.1) is 0 Å². The van der Waals surface area contributed by atoms with Crippen molar-refractivity contribution in [2.75, 3.05) is 12.4 Å². The van der Waals surface area contributed by atoms with Crippen LogP contribution in [0.15, 0.2) is 54.3 Å². The van der Waals surface area contributed by atoms with Crippen LogP contribution in [0.2, 0.25) is 0 Å². The zero-order valence-corrected chi connectivity index (χ0v) is 20.4. The van der Waals surface area contributed by atoms with Crippen molar-refractivity contribution >= 4 is 34.4 Å². The Morgan fingerprint density at radius 2 is 1.97 bits per heavy atom. The molecule has 1 amide bonds. The third-order valence-corrected chi connectivity index (χ3v) is 6.51. The van der Waals surface area contributed by atoms with Crippen molar-refractivity contribution in [3.8, 4) is 5.88 Å². The molecule has 0 saturated carbocycles. The molecular weight excluding hydrogens is 464 g/mol. The van der Waals surface area contributed by atoms with E-state index in [9.17, 15) is 4.79 Å². The van der Waals surface area contributed by atoms with Gasteiger partial charge in [0.15, 0.2) is 5.65 Å². The van der Waals surface area contributed by atoms with E-state index in [1.54, 1.807) is 34.6 Å². The molecule has 35 heavy (non-hydrogen) atoms. The van der Waals surface area contributed by atoms with Crippen LogP contribution in [0.1, 0.15) is 46.5 Å². The number of rotatable bonds is 8. The summed E-state index contributed by atoms with van der Waals surface area (Å²) in [6.45, 7) is 5.27. The Balaban J connectivity index is 1.62. The number of anilines is 1. The topological polar surface area (TPSA) is 113 Å². The Bertz CT molecular complexity index is 1460. The fraction of sp³-hybridized carbons (Fsp3) is 0.250. The van der Waals surface area contributed by atoms with E-state index in [2.05, 4.69) is 42.1 Å². The predicted molar refractivity (Wildman–Crippen MR) is 133 cm³/mol. The Morgan fingerprint density at radius 1 is 1.14 bits per heavy atom. The lowest BCUT2D eigenvalue weighted by molar-refractivity contribution is 0.102. The number of carbonyl (C=O) groups is 1. The van der Waals surface area contributed by atoms with Crippen LogP contribution in [0.3, 0.4) is 0 Å². The lowest BCUT2D eigenvalue weighted by Gasteiger charge is -2.16. The summed E-state index contributed by atoms with van der Waals surface area (Å²) in [7, 11) is 1.48. The van der Waals surface area contributed by atoms with Crippen molar-refractivity contribution in [3.63, 3.8) is 0 Å². The van der Waals surface area contributed by atoms with Gasteiger partial charge < -0.3 is 9.30 Å². The van der Waals surface area contributed by atoms with Crippen LogP contribution in [0.5, 0.6) is 5.88 Å². The van der Waals surface area contributed by atoms with Gasteiger partial charge >= 0.3 is 0 Å². The fourth-order valence-electron chi connectivity index (χ4n) is 4.02. The first kappa shape index (κ1) is 22.7. The molecule has 0 aliphatic rings. The maximum Gasteiger partial charge on any atom is 0.263 e. The van der Waals surface area contributed by atoms with Gasteiger partial charge in [-0.1, -0.05) is 30.3 Å². The molecule has 5 aromatic rings. The van der Waals surface area contributed by atoms with Crippen LogP contribution in [-0.4, -0.2) is 47.3 Å². The number of nitrogens with one attached hydrogen (secondary N) is 1. The highest BCUT2D eigenvalue weighted by atomic mass is 32.1. The second kappa shape index (κ2) is 9.63. The van der Waals surface area contributed by atoms with E-state index >= 15 is 0 Å². The minimum atomic E-state index is -0.407. The molecule has 178 valence electrons. The van der Waals surface area contributed by atoms with Gasteiger partial charge in [0.05, 0.1) is 18.5 Å². The molecular formula is C24H24N8O2S. The number of pyridine rings is 1. The summed E-state index contributed by atoms with van der Waals surface area (Å²) in [5.41, 5.74) is 2.59. The van der Waals surface area contributed by atoms with E-state index in [0.29, 0.717) is 18.7 Å². The summed E-state index contributed by atoms with van der Waals surface area (Å²) in [6, 6.07) is 11.9. The fourth-order valence-corrected chi connectivity index (χ4v) is 4.78. The van der Waals surface area contributed by atoms with Gasteiger partial charge in [0.25, 0.3) is 5.91 Å². The zero-order valence-electron chi connectivity index (χ0n) is 19.5. The van der Waals surface area contributed by atoms with Gasteiger partial charge in [0, 0.05) is 24.7 Å². The van der Waals surface area contributed by atoms with E-state index in [0.717, 1.165) is 21.9 Å². The number of amides is 1. The summed E-state index contributed by atoms with van der Waals surface area (Å²) < 4.78 is 9.17. The van der Waals surface area contributed by atoms with Crippen molar-refractivity contribution in [2.45, 2.75) is 32.9 Å². The van der Waals surface area contributed by atoms with Crippen molar-refractivity contribution < 1.29 is 9.53 Å². The number of hydrogen-bond donors (Lipinski definition) is 1. The second-order valence-electron chi connectivity index (χ2n) is 7.69. The molecule has 1 unspecified atom stereocenters. The number of fused-ring (bicyclic) bond motifs is 1. The van der Waals surface area contributed by atoms with Crippen LogP contribution in [0.25, 0.3) is 11.2 Å². The van der Waals surface area contributed by atoms with Gasteiger partial charge in [0.2, 0.25) is 11.8 Å². The van der Waals surface area contributed by atoms with E-state index < -0.39 is 5.91 Å². The average Bonchev–Trinajstić information content (AvgIpc) is 3.64. The summed E-state index contributed by atoms with van der Waals surface area (Å²) in [5.74, 6) is 0.629. The number of ether oxygens (including phenoxy) is 1. The molecule has 0 saturated heterocycles. The Labute approximate surface area is 205 Å². The molecule has 0 aliphatic heterocycles. The molecule has 1 aromatic carbocycles. The molecule has 0 radical (unpaired) electrons. The van der Waals surface area contributed by atoms with Crippen LogP contribution in [0.4, 0.5) is 5.95 Å². The molecule has 10 nitrogen and oxygen atoms in total. The quantitative estimate of drug-likeness (QED) is 0.352. The summed E-state index contributed by atoms with van der Waals surface area (Å²) >= 11 is 1.58. The highest BCUT2D eigenvalue weighted by Gasteiger charge is 2.27. The van der Waals surface area contributed by atoms with Crippen molar-refractivity contribution in [3.05, 3.63) is 76.3 Å². The molecule has 11 heteroatoms. The standard InChI is InChI=1S/C24H24N8O2S/c1-4-31-14-26-24(30-31)29-21(33)16-13-17-19(28-22(16)34-3)27-20(32(17)5-2)18(23-25-11-12-35-23)15-9-7-6-8-10-15/h6-14,18H,4-5H2,1-3H3,(H,29,30,33). The lowest BCUT2D eigenvalue weighted by atomic mass is 9.99. The number of benzene rings is 1. The Kier molecular flexibility index (Phi) is 6.23. The molecule has 0 spiro atoms. The molecule has 4 aromatic heterocycles. The molecule has 4 heterocycles. The molecule has 5 rings (SSSR count). The van der Waals surface area contributed by atoms with E-state index in [4.69, 9.17) is 9.72 Å². The maximum absolute atomic E-state index is 13.1. The van der Waals surface area contributed by atoms with Crippen LogP contribution >= 0.6 is 11.3 Å². The molecule has 0 bridgehead atoms. The van der Waals surface area contributed by atoms with Gasteiger partial charge in [0.1, 0.15) is 22.7 Å². The van der Waals surface area contributed by atoms with E-state index in [-0.39, 0.29) is 23.3 Å². The third kappa shape index (κ3) is 4.26. The third-order valence-electron chi connectivity index (χ3n) is 5.67. The minimum Gasteiger partial charge on any atom is -0.480 e. The maximum atomic E-state index is 13.1. The molecule has 1 N–H and O–H groups in total. The first-order chi connectivity index (χ1) is 17.1. The normalized spacial score (nSPS) is 12.1. The number of methoxy groups -OCH3 is 1. The summed E-state index contributed by atoms with van der Waals surface area (Å²) in [4.78, 5) is 31.3. The van der Waals surface area contributed by atoms with Crippen molar-refractivity contribution in [2.24, 2.45) is 0 Å². The molecule has 0 aliphatic carbocycles. The first-order valence-corrected chi connectivity index (χ1v) is 12.1. The van der Waals surface area contributed by atoms with Gasteiger partial charge in [-0.25, -0.2) is 15.0 Å². The number of hydrogen-bond acceptors (Lipinski definition) is 8. The number of aryl methyl sites for hydroxylation is 2. The SMILES string of the molecule is CCn1cnc(NC(=O)c2cc3c(nc2OC)nc(C(c2ccccc2)c2nccs2)n3CC)n1. The summed E-state index contributed by atoms with van der Waals surface area (Å²) in [6.07, 6.45) is 3.36. The number of imidazole rings is 1. The first-order valence-electron chi connectivity index (χ1n) is 11.2. The Morgan fingerprint density at radius 3 is 2.63 bits per heavy atom. The van der Waals surface area contributed by atoms with Gasteiger partial charge in [-0.15, -0.1) is 16.4 Å². The van der Waals surface area contributed by atoms with Crippen molar-refractivity contribution in [1.29, 1.82) is 0 Å². The van der Waals surface area contributed by atoms with Gasteiger partial charge in [-0.3, -0.25) is 14.8 Å². The number of aromatic nitrogens is 7. The highest BCUT2D eigenvalue weighted by Crippen LogP contribution is 2.35. The molecule has 1 atom stereocenters. The number of thiazole rings is 1. The van der Waals surface area contributed by atoms with E-state index in [1.807, 2.05) is 37.4 Å². The van der Waals surface area contributed by atoms with Crippen LogP contribution < -0.4 is 10.1 Å². The highest BCUT2D eigenvalue weighted by molar-refractivity contribution is 7.09. The number of carbonyl (C=O) groups excluding carboxylic acids is 1. The van der Waals surface area contributed by atoms with Crippen LogP contribution in [-0.2, 0) is 13.1 Å². The predicted octanol–water partition coefficient (Wildman–Crippen LogP) is 3.96.